The number of nitrogens with zero attached hydrogens (tertiary/aromatic N) is 2. The standard InChI is InChI=1S/C19H17FN2O2/c1-2-6-16-17(19(23)24)18(13-9-11-14(20)12-10-13)21-22(16)15-7-4-3-5-8-15/h3-5,7-12H,2,6H2,1H3,(H,23,24). The fourth-order valence-corrected chi connectivity index (χ4v) is 2.74. The highest BCUT2D eigenvalue weighted by Gasteiger charge is 2.24. The summed E-state index contributed by atoms with van der Waals surface area (Å²) < 4.78 is 14.9. The summed E-state index contributed by atoms with van der Waals surface area (Å²) in [6.07, 6.45) is 1.38. The Labute approximate surface area is 139 Å². The summed E-state index contributed by atoms with van der Waals surface area (Å²) in [6.45, 7) is 1.99. The molecule has 0 atom stereocenters. The lowest BCUT2D eigenvalue weighted by molar-refractivity contribution is 0.0696. The van der Waals surface area contributed by atoms with Crippen LogP contribution in [0.25, 0.3) is 16.9 Å². The number of aromatic carboxylic acids is 1. The Hall–Kier alpha value is -2.95. The summed E-state index contributed by atoms with van der Waals surface area (Å²) in [6, 6.07) is 15.1. The summed E-state index contributed by atoms with van der Waals surface area (Å²) in [5.74, 6) is -1.40. The summed E-state index contributed by atoms with van der Waals surface area (Å²) >= 11 is 0. The van der Waals surface area contributed by atoms with Crippen molar-refractivity contribution in [3.05, 3.63) is 71.7 Å². The Bertz CT molecular complexity index is 855. The van der Waals surface area contributed by atoms with Crippen molar-refractivity contribution in [2.45, 2.75) is 19.8 Å². The quantitative estimate of drug-likeness (QED) is 0.760. The monoisotopic (exact) mass is 324 g/mol. The number of aromatic nitrogens is 2. The third-order valence-electron chi connectivity index (χ3n) is 3.80. The molecule has 1 aromatic heterocycles. The zero-order valence-corrected chi connectivity index (χ0v) is 13.2. The molecule has 3 rings (SSSR count). The van der Waals surface area contributed by atoms with Crippen molar-refractivity contribution in [2.75, 3.05) is 0 Å². The average Bonchev–Trinajstić information content (AvgIpc) is 2.96. The van der Waals surface area contributed by atoms with E-state index in [0.717, 1.165) is 12.1 Å². The second kappa shape index (κ2) is 6.66. The van der Waals surface area contributed by atoms with E-state index in [1.54, 1.807) is 16.8 Å². The molecule has 0 unspecified atom stereocenters. The van der Waals surface area contributed by atoms with Crippen LogP contribution in [0.3, 0.4) is 0 Å². The fourth-order valence-electron chi connectivity index (χ4n) is 2.74. The predicted molar refractivity (Wildman–Crippen MR) is 89.9 cm³/mol. The molecule has 5 heteroatoms. The zero-order valence-electron chi connectivity index (χ0n) is 13.2. The van der Waals surface area contributed by atoms with E-state index in [-0.39, 0.29) is 11.4 Å². The van der Waals surface area contributed by atoms with Crippen LogP contribution in [0, 0.1) is 5.82 Å². The lowest BCUT2D eigenvalue weighted by Gasteiger charge is -2.07. The minimum Gasteiger partial charge on any atom is -0.478 e. The molecule has 0 radical (unpaired) electrons. The molecular formula is C19H17FN2O2. The Balaban J connectivity index is 2.25. The zero-order chi connectivity index (χ0) is 17.1. The topological polar surface area (TPSA) is 55.1 Å². The number of carboxylic acid groups (broad SMARTS) is 1. The number of halogens is 1. The van der Waals surface area contributed by atoms with Gasteiger partial charge in [0.2, 0.25) is 0 Å². The first-order chi connectivity index (χ1) is 11.6. The molecule has 0 aliphatic rings. The van der Waals surface area contributed by atoms with Crippen molar-refractivity contribution in [2.24, 2.45) is 0 Å². The number of carbonyl (C=O) groups is 1. The van der Waals surface area contributed by atoms with E-state index in [2.05, 4.69) is 5.10 Å². The van der Waals surface area contributed by atoms with Gasteiger partial charge < -0.3 is 5.11 Å². The van der Waals surface area contributed by atoms with Gasteiger partial charge in [-0.3, -0.25) is 0 Å². The molecule has 122 valence electrons. The number of rotatable bonds is 5. The van der Waals surface area contributed by atoms with Gasteiger partial charge in [-0.25, -0.2) is 13.9 Å². The van der Waals surface area contributed by atoms with Gasteiger partial charge in [-0.15, -0.1) is 0 Å². The maximum Gasteiger partial charge on any atom is 0.339 e. The Morgan fingerprint density at radius 1 is 1.12 bits per heavy atom. The van der Waals surface area contributed by atoms with E-state index in [0.29, 0.717) is 23.4 Å². The summed E-state index contributed by atoms with van der Waals surface area (Å²) in [5, 5.41) is 14.3. The Morgan fingerprint density at radius 2 is 1.79 bits per heavy atom. The van der Waals surface area contributed by atoms with Crippen molar-refractivity contribution < 1.29 is 14.3 Å². The van der Waals surface area contributed by atoms with Crippen molar-refractivity contribution in [1.82, 2.24) is 9.78 Å². The van der Waals surface area contributed by atoms with Gasteiger partial charge in [-0.2, -0.15) is 5.10 Å². The minimum absolute atomic E-state index is 0.173. The lowest BCUT2D eigenvalue weighted by atomic mass is 10.0. The van der Waals surface area contributed by atoms with E-state index in [1.807, 2.05) is 37.3 Å². The second-order valence-electron chi connectivity index (χ2n) is 5.48. The predicted octanol–water partition coefficient (Wildman–Crippen LogP) is 4.33. The fraction of sp³-hybridized carbons (Fsp3) is 0.158. The molecule has 0 fully saturated rings. The van der Waals surface area contributed by atoms with Gasteiger partial charge in [-0.1, -0.05) is 31.5 Å². The van der Waals surface area contributed by atoms with E-state index in [9.17, 15) is 14.3 Å². The molecule has 2 aromatic carbocycles. The van der Waals surface area contributed by atoms with E-state index < -0.39 is 5.97 Å². The number of para-hydroxylation sites is 1. The maximum absolute atomic E-state index is 13.2. The van der Waals surface area contributed by atoms with Gasteiger partial charge >= 0.3 is 5.97 Å². The van der Waals surface area contributed by atoms with Gasteiger partial charge in [0.15, 0.2) is 0 Å². The summed E-state index contributed by atoms with van der Waals surface area (Å²) in [7, 11) is 0. The highest BCUT2D eigenvalue weighted by molar-refractivity contribution is 5.96. The van der Waals surface area contributed by atoms with E-state index in [1.165, 1.54) is 12.1 Å². The lowest BCUT2D eigenvalue weighted by Crippen LogP contribution is -2.06. The smallest absolute Gasteiger partial charge is 0.339 e. The van der Waals surface area contributed by atoms with Gasteiger partial charge in [0.1, 0.15) is 17.1 Å². The summed E-state index contributed by atoms with van der Waals surface area (Å²) in [4.78, 5) is 11.9. The first kappa shape index (κ1) is 15.9. The molecule has 0 amide bonds. The van der Waals surface area contributed by atoms with Crippen LogP contribution in [0.5, 0.6) is 0 Å². The molecule has 0 aliphatic heterocycles. The molecule has 0 bridgehead atoms. The van der Waals surface area contributed by atoms with Gasteiger partial charge in [0, 0.05) is 5.56 Å². The molecule has 0 aliphatic carbocycles. The average molecular weight is 324 g/mol. The Morgan fingerprint density at radius 3 is 2.38 bits per heavy atom. The first-order valence-electron chi connectivity index (χ1n) is 7.78. The van der Waals surface area contributed by atoms with Crippen LogP contribution in [-0.4, -0.2) is 20.9 Å². The van der Waals surface area contributed by atoms with Crippen LogP contribution in [0.2, 0.25) is 0 Å². The molecule has 24 heavy (non-hydrogen) atoms. The Kier molecular flexibility index (Phi) is 4.42. The third kappa shape index (κ3) is 2.93. The molecule has 4 nitrogen and oxygen atoms in total. The second-order valence-corrected chi connectivity index (χ2v) is 5.48. The highest BCUT2D eigenvalue weighted by atomic mass is 19.1. The van der Waals surface area contributed by atoms with Gasteiger partial charge in [0.25, 0.3) is 0 Å². The van der Waals surface area contributed by atoms with E-state index in [4.69, 9.17) is 0 Å². The largest absolute Gasteiger partial charge is 0.478 e. The summed E-state index contributed by atoms with van der Waals surface area (Å²) in [5.41, 5.74) is 2.57. The first-order valence-corrected chi connectivity index (χ1v) is 7.78. The van der Waals surface area contributed by atoms with E-state index >= 15 is 0 Å². The normalized spacial score (nSPS) is 10.8. The molecule has 1 heterocycles. The molecule has 0 spiro atoms. The van der Waals surface area contributed by atoms with Crippen molar-refractivity contribution >= 4 is 5.97 Å². The molecule has 1 N–H and O–H groups in total. The number of carboxylic acids is 1. The third-order valence-corrected chi connectivity index (χ3v) is 3.80. The van der Waals surface area contributed by atoms with Crippen LogP contribution in [-0.2, 0) is 6.42 Å². The number of hydrogen-bond donors (Lipinski definition) is 1. The number of hydrogen-bond acceptors (Lipinski definition) is 2. The van der Waals surface area contributed by atoms with Crippen LogP contribution in [0.4, 0.5) is 4.39 Å². The molecule has 0 saturated carbocycles. The van der Waals surface area contributed by atoms with Crippen molar-refractivity contribution in [1.29, 1.82) is 0 Å². The molecule has 3 aromatic rings. The molecular weight excluding hydrogens is 307 g/mol. The van der Waals surface area contributed by atoms with Crippen LogP contribution in [0.15, 0.2) is 54.6 Å². The van der Waals surface area contributed by atoms with Crippen molar-refractivity contribution in [3.8, 4) is 16.9 Å². The SMILES string of the molecule is CCCc1c(C(=O)O)c(-c2ccc(F)cc2)nn1-c1ccccc1. The minimum atomic E-state index is -1.03. The van der Waals surface area contributed by atoms with Gasteiger partial charge in [0.05, 0.1) is 11.4 Å². The maximum atomic E-state index is 13.2. The van der Waals surface area contributed by atoms with Crippen LogP contribution < -0.4 is 0 Å². The van der Waals surface area contributed by atoms with Crippen molar-refractivity contribution in [3.63, 3.8) is 0 Å². The highest BCUT2D eigenvalue weighted by Crippen LogP contribution is 2.28. The van der Waals surface area contributed by atoms with Gasteiger partial charge in [-0.05, 0) is 42.8 Å². The molecule has 0 saturated heterocycles. The number of benzene rings is 2. The van der Waals surface area contributed by atoms with Crippen LogP contribution >= 0.6 is 0 Å². The van der Waals surface area contributed by atoms with Crippen LogP contribution in [0.1, 0.15) is 29.4 Å².